The monoisotopic (exact) mass is 424 g/mol. The maximum absolute atomic E-state index is 12.5. The van der Waals surface area contributed by atoms with Gasteiger partial charge in [-0.15, -0.1) is 0 Å². The highest BCUT2D eigenvalue weighted by molar-refractivity contribution is 6.04. The standard InChI is InChI=1S/C22H24N4O5/c1-22(2,3)15-5-7-16(8-6-15)31-14-25-12-11-19(24-25)21(27)23-18-10-9-17(30-4)13-20(18)26(28)29/h5-13H,14H2,1-4H3,(H,23,27). The van der Waals surface area contributed by atoms with E-state index in [4.69, 9.17) is 9.47 Å². The minimum absolute atomic E-state index is 0.0561. The van der Waals surface area contributed by atoms with Gasteiger partial charge in [0.15, 0.2) is 12.4 Å². The maximum Gasteiger partial charge on any atom is 0.296 e. The Balaban J connectivity index is 1.64. The Morgan fingerprint density at radius 2 is 1.81 bits per heavy atom. The van der Waals surface area contributed by atoms with Crippen LogP contribution in [0.1, 0.15) is 36.8 Å². The van der Waals surface area contributed by atoms with Gasteiger partial charge in [0, 0.05) is 6.20 Å². The van der Waals surface area contributed by atoms with Crippen molar-refractivity contribution in [3.63, 3.8) is 0 Å². The van der Waals surface area contributed by atoms with Gasteiger partial charge in [-0.3, -0.25) is 14.9 Å². The Kier molecular flexibility index (Phi) is 6.24. The molecular formula is C22H24N4O5. The number of nitrogens with zero attached hydrogens (tertiary/aromatic N) is 3. The van der Waals surface area contributed by atoms with E-state index in [-0.39, 0.29) is 29.2 Å². The first-order valence-electron chi connectivity index (χ1n) is 9.58. The predicted molar refractivity (Wildman–Crippen MR) is 116 cm³/mol. The van der Waals surface area contributed by atoms with E-state index < -0.39 is 10.8 Å². The summed E-state index contributed by atoms with van der Waals surface area (Å²) < 4.78 is 12.2. The number of carbonyl (C=O) groups excluding carboxylic acids is 1. The van der Waals surface area contributed by atoms with Crippen LogP contribution in [-0.2, 0) is 12.1 Å². The number of amides is 1. The van der Waals surface area contributed by atoms with Gasteiger partial charge in [-0.1, -0.05) is 32.9 Å². The highest BCUT2D eigenvalue weighted by Gasteiger charge is 2.19. The van der Waals surface area contributed by atoms with Crippen molar-refractivity contribution >= 4 is 17.3 Å². The van der Waals surface area contributed by atoms with Crippen molar-refractivity contribution in [2.24, 2.45) is 0 Å². The second kappa shape index (κ2) is 8.86. The lowest BCUT2D eigenvalue weighted by atomic mass is 9.87. The molecule has 0 aliphatic carbocycles. The van der Waals surface area contributed by atoms with Gasteiger partial charge in [0.25, 0.3) is 11.6 Å². The van der Waals surface area contributed by atoms with E-state index in [9.17, 15) is 14.9 Å². The van der Waals surface area contributed by atoms with Gasteiger partial charge < -0.3 is 14.8 Å². The molecule has 1 amide bonds. The van der Waals surface area contributed by atoms with Gasteiger partial charge in [-0.05, 0) is 41.3 Å². The molecule has 0 saturated carbocycles. The van der Waals surface area contributed by atoms with Crippen LogP contribution in [0.5, 0.6) is 11.5 Å². The van der Waals surface area contributed by atoms with Crippen molar-refractivity contribution in [2.75, 3.05) is 12.4 Å². The summed E-state index contributed by atoms with van der Waals surface area (Å²) in [7, 11) is 1.41. The summed E-state index contributed by atoms with van der Waals surface area (Å²) >= 11 is 0. The highest BCUT2D eigenvalue weighted by atomic mass is 16.6. The number of aromatic nitrogens is 2. The van der Waals surface area contributed by atoms with Crippen LogP contribution in [0.25, 0.3) is 0 Å². The Morgan fingerprint density at radius 1 is 1.13 bits per heavy atom. The summed E-state index contributed by atoms with van der Waals surface area (Å²) in [5.74, 6) is 0.437. The zero-order chi connectivity index (χ0) is 22.6. The number of nitro groups is 1. The Hall–Kier alpha value is -3.88. The van der Waals surface area contributed by atoms with Gasteiger partial charge in [0.1, 0.15) is 17.2 Å². The molecule has 1 heterocycles. The summed E-state index contributed by atoms with van der Waals surface area (Å²) in [6.07, 6.45) is 1.60. The summed E-state index contributed by atoms with van der Waals surface area (Å²) in [6, 6.07) is 13.5. The summed E-state index contributed by atoms with van der Waals surface area (Å²) in [4.78, 5) is 23.2. The lowest BCUT2D eigenvalue weighted by molar-refractivity contribution is -0.384. The number of benzene rings is 2. The molecular weight excluding hydrogens is 400 g/mol. The number of carbonyl (C=O) groups is 1. The summed E-state index contributed by atoms with van der Waals surface area (Å²) in [6.45, 7) is 6.53. The smallest absolute Gasteiger partial charge is 0.296 e. The molecule has 0 radical (unpaired) electrons. The third kappa shape index (κ3) is 5.39. The van der Waals surface area contributed by atoms with Crippen LogP contribution in [0.2, 0.25) is 0 Å². The molecule has 0 fully saturated rings. The molecule has 2 aromatic carbocycles. The van der Waals surface area contributed by atoms with Gasteiger partial charge in [-0.2, -0.15) is 5.10 Å². The molecule has 0 bridgehead atoms. The van der Waals surface area contributed by atoms with E-state index in [2.05, 4.69) is 31.2 Å². The number of ether oxygens (including phenoxy) is 2. The average Bonchev–Trinajstić information content (AvgIpc) is 3.21. The van der Waals surface area contributed by atoms with Crippen molar-refractivity contribution < 1.29 is 19.2 Å². The summed E-state index contributed by atoms with van der Waals surface area (Å²) in [5.41, 5.74) is 1.15. The second-order valence-electron chi connectivity index (χ2n) is 7.88. The Bertz CT molecular complexity index is 1080. The van der Waals surface area contributed by atoms with Gasteiger partial charge >= 0.3 is 0 Å². The zero-order valence-corrected chi connectivity index (χ0v) is 17.8. The molecule has 0 aliphatic rings. The minimum atomic E-state index is -0.588. The molecule has 0 aliphatic heterocycles. The second-order valence-corrected chi connectivity index (χ2v) is 7.88. The first-order chi connectivity index (χ1) is 14.7. The lowest BCUT2D eigenvalue weighted by Crippen LogP contribution is -2.15. The van der Waals surface area contributed by atoms with Crippen molar-refractivity contribution in [2.45, 2.75) is 32.9 Å². The van der Waals surface area contributed by atoms with Crippen molar-refractivity contribution in [1.29, 1.82) is 0 Å². The van der Waals surface area contributed by atoms with Crippen molar-refractivity contribution in [3.05, 3.63) is 76.1 Å². The molecule has 1 N–H and O–H groups in total. The Morgan fingerprint density at radius 3 is 2.42 bits per heavy atom. The minimum Gasteiger partial charge on any atom is -0.496 e. The van der Waals surface area contributed by atoms with Crippen molar-refractivity contribution in [3.8, 4) is 11.5 Å². The maximum atomic E-state index is 12.5. The van der Waals surface area contributed by atoms with Gasteiger partial charge in [-0.25, -0.2) is 4.68 Å². The van der Waals surface area contributed by atoms with Crippen LogP contribution >= 0.6 is 0 Å². The van der Waals surface area contributed by atoms with Crippen LogP contribution in [0, 0.1) is 10.1 Å². The zero-order valence-electron chi connectivity index (χ0n) is 17.8. The fraction of sp³-hybridized carbons (Fsp3) is 0.273. The molecule has 0 unspecified atom stereocenters. The fourth-order valence-corrected chi connectivity index (χ4v) is 2.83. The number of anilines is 1. The van der Waals surface area contributed by atoms with Gasteiger partial charge in [0.2, 0.25) is 0 Å². The van der Waals surface area contributed by atoms with E-state index in [1.54, 1.807) is 6.20 Å². The normalized spacial score (nSPS) is 11.1. The quantitative estimate of drug-likeness (QED) is 0.445. The van der Waals surface area contributed by atoms with Crippen LogP contribution < -0.4 is 14.8 Å². The molecule has 3 rings (SSSR count). The first-order valence-corrected chi connectivity index (χ1v) is 9.58. The Labute approximate surface area is 179 Å². The van der Waals surface area contributed by atoms with Crippen LogP contribution in [0.3, 0.4) is 0 Å². The van der Waals surface area contributed by atoms with Crippen LogP contribution in [0.15, 0.2) is 54.7 Å². The van der Waals surface area contributed by atoms with E-state index in [1.807, 2.05) is 24.3 Å². The van der Waals surface area contributed by atoms with Crippen molar-refractivity contribution in [1.82, 2.24) is 9.78 Å². The number of methoxy groups -OCH3 is 1. The molecule has 9 nitrogen and oxygen atoms in total. The van der Waals surface area contributed by atoms with E-state index >= 15 is 0 Å². The molecule has 0 saturated heterocycles. The average molecular weight is 424 g/mol. The first kappa shape index (κ1) is 21.8. The topological polar surface area (TPSA) is 109 Å². The van der Waals surface area contributed by atoms with Crippen LogP contribution in [0.4, 0.5) is 11.4 Å². The molecule has 9 heteroatoms. The van der Waals surface area contributed by atoms with E-state index in [0.717, 1.165) is 0 Å². The molecule has 3 aromatic rings. The SMILES string of the molecule is COc1ccc(NC(=O)c2ccn(COc3ccc(C(C)(C)C)cc3)n2)c([N+](=O)[O-])c1. The van der Waals surface area contributed by atoms with Crippen LogP contribution in [-0.4, -0.2) is 27.7 Å². The lowest BCUT2D eigenvalue weighted by Gasteiger charge is -2.19. The molecule has 162 valence electrons. The largest absolute Gasteiger partial charge is 0.496 e. The molecule has 0 atom stereocenters. The number of rotatable bonds is 7. The molecule has 0 spiro atoms. The predicted octanol–water partition coefficient (Wildman–Crippen LogP) is 4.39. The number of hydrogen-bond donors (Lipinski definition) is 1. The van der Waals surface area contributed by atoms with E-state index in [1.165, 1.54) is 41.6 Å². The third-order valence-corrected chi connectivity index (χ3v) is 4.61. The molecule has 1 aromatic heterocycles. The molecule has 31 heavy (non-hydrogen) atoms. The number of nitro benzene ring substituents is 1. The fourth-order valence-electron chi connectivity index (χ4n) is 2.83. The number of nitrogens with one attached hydrogen (secondary N) is 1. The van der Waals surface area contributed by atoms with Gasteiger partial charge in [0.05, 0.1) is 18.1 Å². The summed E-state index contributed by atoms with van der Waals surface area (Å²) in [5, 5.41) is 18.0. The third-order valence-electron chi connectivity index (χ3n) is 4.61. The number of hydrogen-bond acceptors (Lipinski definition) is 6. The highest BCUT2D eigenvalue weighted by Crippen LogP contribution is 2.29. The van der Waals surface area contributed by atoms with E-state index in [0.29, 0.717) is 11.5 Å².